The molecule has 0 amide bonds. The fraction of sp³-hybridized carbons (Fsp3) is 0.211. The maximum atomic E-state index is 12.7. The van der Waals surface area contributed by atoms with Crippen molar-refractivity contribution in [3.63, 3.8) is 0 Å². The number of aromatic amines is 1. The summed E-state index contributed by atoms with van der Waals surface area (Å²) in [4.78, 5) is 15.9. The van der Waals surface area contributed by atoms with Gasteiger partial charge in [-0.3, -0.25) is 4.79 Å². The number of halogens is 1. The molecule has 3 aromatic rings. The summed E-state index contributed by atoms with van der Waals surface area (Å²) in [6, 6.07) is 11.1. The van der Waals surface area contributed by atoms with Gasteiger partial charge in [-0.1, -0.05) is 23.7 Å². The van der Waals surface area contributed by atoms with Crippen LogP contribution in [0.15, 0.2) is 47.4 Å². The number of rotatable bonds is 6. The zero-order chi connectivity index (χ0) is 17.8. The molecule has 0 spiro atoms. The smallest absolute Gasteiger partial charge is 0.193 e. The van der Waals surface area contributed by atoms with Crippen LogP contribution in [0.25, 0.3) is 10.9 Å². The Morgan fingerprint density at radius 1 is 1.04 bits per heavy atom. The second-order valence-electron chi connectivity index (χ2n) is 5.63. The van der Waals surface area contributed by atoms with E-state index >= 15 is 0 Å². The SMILES string of the molecule is COc1cc2[nH]cc(CNCc3ccc(Cl)cc3)c(=O)c2cc1OC. The van der Waals surface area contributed by atoms with Gasteiger partial charge >= 0.3 is 0 Å². The van der Waals surface area contributed by atoms with Crippen molar-refractivity contribution in [1.29, 1.82) is 0 Å². The van der Waals surface area contributed by atoms with Crippen molar-refractivity contribution in [2.75, 3.05) is 14.2 Å². The zero-order valence-corrected chi connectivity index (χ0v) is 14.8. The number of aromatic nitrogens is 1. The second-order valence-corrected chi connectivity index (χ2v) is 6.06. The van der Waals surface area contributed by atoms with Crippen molar-refractivity contribution < 1.29 is 9.47 Å². The van der Waals surface area contributed by atoms with E-state index in [1.807, 2.05) is 24.3 Å². The van der Waals surface area contributed by atoms with Crippen LogP contribution < -0.4 is 20.2 Å². The quantitative estimate of drug-likeness (QED) is 0.708. The molecule has 2 aromatic carbocycles. The summed E-state index contributed by atoms with van der Waals surface area (Å²) >= 11 is 5.88. The minimum atomic E-state index is -0.0293. The predicted molar refractivity (Wildman–Crippen MR) is 99.7 cm³/mol. The van der Waals surface area contributed by atoms with Gasteiger partial charge in [0.1, 0.15) is 0 Å². The molecule has 0 bridgehead atoms. The Balaban J connectivity index is 1.81. The monoisotopic (exact) mass is 358 g/mol. The van der Waals surface area contributed by atoms with Gasteiger partial charge in [0, 0.05) is 41.3 Å². The number of hydrogen-bond acceptors (Lipinski definition) is 4. The normalized spacial score (nSPS) is 10.8. The number of pyridine rings is 1. The van der Waals surface area contributed by atoms with Crippen LogP contribution in [0.4, 0.5) is 0 Å². The fourth-order valence-corrected chi connectivity index (χ4v) is 2.79. The summed E-state index contributed by atoms with van der Waals surface area (Å²) in [5.41, 5.74) is 2.45. The lowest BCUT2D eigenvalue weighted by molar-refractivity contribution is 0.355. The minimum Gasteiger partial charge on any atom is -0.493 e. The van der Waals surface area contributed by atoms with Gasteiger partial charge in [-0.05, 0) is 23.8 Å². The Morgan fingerprint density at radius 3 is 2.40 bits per heavy atom. The molecule has 130 valence electrons. The number of methoxy groups -OCH3 is 2. The third kappa shape index (κ3) is 3.78. The van der Waals surface area contributed by atoms with Gasteiger partial charge in [-0.25, -0.2) is 0 Å². The molecule has 0 saturated carbocycles. The van der Waals surface area contributed by atoms with E-state index < -0.39 is 0 Å². The first-order valence-corrected chi connectivity index (χ1v) is 8.21. The molecule has 25 heavy (non-hydrogen) atoms. The summed E-state index contributed by atoms with van der Waals surface area (Å²) < 4.78 is 10.6. The number of fused-ring (bicyclic) bond motifs is 1. The summed E-state index contributed by atoms with van der Waals surface area (Å²) in [5.74, 6) is 1.12. The average Bonchev–Trinajstić information content (AvgIpc) is 2.64. The van der Waals surface area contributed by atoms with Crippen molar-refractivity contribution in [2.45, 2.75) is 13.1 Å². The lowest BCUT2D eigenvalue weighted by Gasteiger charge is -2.10. The third-order valence-electron chi connectivity index (χ3n) is 4.02. The zero-order valence-electron chi connectivity index (χ0n) is 14.1. The van der Waals surface area contributed by atoms with E-state index in [1.165, 1.54) is 0 Å². The van der Waals surface area contributed by atoms with Crippen LogP contribution >= 0.6 is 11.6 Å². The van der Waals surface area contributed by atoms with E-state index in [9.17, 15) is 4.79 Å². The fourth-order valence-electron chi connectivity index (χ4n) is 2.66. The highest BCUT2D eigenvalue weighted by Gasteiger charge is 2.11. The van der Waals surface area contributed by atoms with Crippen LogP contribution in [-0.4, -0.2) is 19.2 Å². The molecule has 0 aliphatic carbocycles. The minimum absolute atomic E-state index is 0.0293. The number of hydrogen-bond donors (Lipinski definition) is 2. The molecule has 5 nitrogen and oxygen atoms in total. The van der Waals surface area contributed by atoms with Crippen molar-refractivity contribution in [2.24, 2.45) is 0 Å². The Kier molecular flexibility index (Phi) is 5.26. The van der Waals surface area contributed by atoms with Crippen molar-refractivity contribution in [3.8, 4) is 11.5 Å². The molecule has 0 unspecified atom stereocenters. The van der Waals surface area contributed by atoms with E-state index in [1.54, 1.807) is 32.5 Å². The first-order chi connectivity index (χ1) is 12.1. The molecular formula is C19H19ClN2O3. The first kappa shape index (κ1) is 17.3. The molecule has 1 aromatic heterocycles. The number of benzene rings is 2. The number of nitrogens with one attached hydrogen (secondary N) is 2. The van der Waals surface area contributed by atoms with Gasteiger partial charge in [0.2, 0.25) is 0 Å². The second kappa shape index (κ2) is 7.59. The van der Waals surface area contributed by atoms with Crippen LogP contribution in [0.3, 0.4) is 0 Å². The van der Waals surface area contributed by atoms with E-state index in [-0.39, 0.29) is 5.43 Å². The Bertz CT molecular complexity index is 936. The molecular weight excluding hydrogens is 340 g/mol. The molecule has 6 heteroatoms. The number of ether oxygens (including phenoxy) is 2. The van der Waals surface area contributed by atoms with Gasteiger partial charge in [-0.15, -0.1) is 0 Å². The maximum absolute atomic E-state index is 12.7. The molecule has 0 fully saturated rings. The largest absolute Gasteiger partial charge is 0.493 e. The van der Waals surface area contributed by atoms with E-state index in [2.05, 4.69) is 10.3 Å². The lowest BCUT2D eigenvalue weighted by atomic mass is 10.1. The summed E-state index contributed by atoms with van der Waals surface area (Å²) in [6.07, 6.45) is 1.73. The predicted octanol–water partition coefficient (Wildman–Crippen LogP) is 3.49. The van der Waals surface area contributed by atoms with Gasteiger partial charge in [0.05, 0.1) is 19.7 Å². The van der Waals surface area contributed by atoms with Gasteiger partial charge < -0.3 is 19.8 Å². The van der Waals surface area contributed by atoms with Gasteiger partial charge in [0.15, 0.2) is 16.9 Å². The standard InChI is InChI=1S/C19H19ClN2O3/c1-24-17-7-15-16(8-18(17)25-2)22-11-13(19(15)23)10-21-9-12-3-5-14(20)6-4-12/h3-8,11,21H,9-10H2,1-2H3,(H,22,23). The van der Waals surface area contributed by atoms with E-state index in [4.69, 9.17) is 21.1 Å². The van der Waals surface area contributed by atoms with Gasteiger partial charge in [0.25, 0.3) is 0 Å². The Morgan fingerprint density at radius 2 is 1.72 bits per heavy atom. The van der Waals surface area contributed by atoms with Crippen LogP contribution in [0.2, 0.25) is 5.02 Å². The maximum Gasteiger partial charge on any atom is 0.193 e. The highest BCUT2D eigenvalue weighted by Crippen LogP contribution is 2.30. The highest BCUT2D eigenvalue weighted by atomic mass is 35.5. The molecule has 3 rings (SSSR count). The average molecular weight is 359 g/mol. The molecule has 0 radical (unpaired) electrons. The van der Waals surface area contributed by atoms with Crippen LogP contribution in [-0.2, 0) is 13.1 Å². The van der Waals surface area contributed by atoms with E-state index in [0.29, 0.717) is 46.1 Å². The lowest BCUT2D eigenvalue weighted by Crippen LogP contribution is -2.19. The first-order valence-electron chi connectivity index (χ1n) is 7.84. The topological polar surface area (TPSA) is 63.3 Å². The van der Waals surface area contributed by atoms with Crippen molar-refractivity contribution >= 4 is 22.5 Å². The summed E-state index contributed by atoms with van der Waals surface area (Å²) in [7, 11) is 3.12. The molecule has 0 aliphatic heterocycles. The van der Waals surface area contributed by atoms with Crippen LogP contribution in [0, 0.1) is 0 Å². The highest BCUT2D eigenvalue weighted by molar-refractivity contribution is 6.30. The third-order valence-corrected chi connectivity index (χ3v) is 4.27. The Labute approximate surface area is 150 Å². The number of H-pyrrole nitrogens is 1. The van der Waals surface area contributed by atoms with Crippen molar-refractivity contribution in [3.05, 3.63) is 69.0 Å². The molecule has 2 N–H and O–H groups in total. The van der Waals surface area contributed by atoms with Crippen LogP contribution in [0.5, 0.6) is 11.5 Å². The Hall–Kier alpha value is -2.50. The molecule has 0 aliphatic rings. The molecule has 1 heterocycles. The van der Waals surface area contributed by atoms with Crippen LogP contribution in [0.1, 0.15) is 11.1 Å². The van der Waals surface area contributed by atoms with Gasteiger partial charge in [-0.2, -0.15) is 0 Å². The van der Waals surface area contributed by atoms with Crippen molar-refractivity contribution in [1.82, 2.24) is 10.3 Å². The summed E-state index contributed by atoms with van der Waals surface area (Å²) in [5, 5.41) is 4.56. The summed E-state index contributed by atoms with van der Waals surface area (Å²) in [6.45, 7) is 1.11. The molecule has 0 saturated heterocycles. The van der Waals surface area contributed by atoms with E-state index in [0.717, 1.165) is 5.56 Å². The molecule has 0 atom stereocenters.